The first-order valence-electron chi connectivity index (χ1n) is 9.61. The van der Waals surface area contributed by atoms with Crippen LogP contribution in [-0.2, 0) is 23.5 Å². The summed E-state index contributed by atoms with van der Waals surface area (Å²) in [7, 11) is -5.56. The van der Waals surface area contributed by atoms with Crippen LogP contribution in [0.2, 0.25) is 18.1 Å². The zero-order valence-corrected chi connectivity index (χ0v) is 20.6. The number of hydrogen-bond acceptors (Lipinski definition) is 6. The standard InChI is InChI=1S/C19H37NO6SSi/c1-18(2,3)25-17(21)20-13-12-16(26-28(8,9)19(4,5)6)15(20)11-10-14-24-27(7,22)23/h10-11,15-16H,12-14H2,1-9H3/t15-,16+/m1/s1. The molecule has 0 spiro atoms. The second kappa shape index (κ2) is 8.85. The molecule has 0 aromatic heterocycles. The molecule has 1 rings (SSSR count). The average Bonchev–Trinajstić information content (AvgIpc) is 2.81. The fourth-order valence-corrected chi connectivity index (χ4v) is 4.28. The van der Waals surface area contributed by atoms with E-state index in [9.17, 15) is 13.2 Å². The Hall–Kier alpha value is -0.903. The van der Waals surface area contributed by atoms with E-state index in [4.69, 9.17) is 13.3 Å². The number of carbonyl (C=O) groups excluding carboxylic acids is 1. The van der Waals surface area contributed by atoms with Gasteiger partial charge in [-0.05, 0) is 45.3 Å². The Balaban J connectivity index is 3.01. The summed E-state index contributed by atoms with van der Waals surface area (Å²) in [6, 6.07) is -0.327. The highest BCUT2D eigenvalue weighted by Gasteiger charge is 2.45. The van der Waals surface area contributed by atoms with Crippen molar-refractivity contribution in [3.05, 3.63) is 12.2 Å². The van der Waals surface area contributed by atoms with Crippen molar-refractivity contribution in [1.82, 2.24) is 4.90 Å². The maximum absolute atomic E-state index is 12.7. The van der Waals surface area contributed by atoms with Gasteiger partial charge < -0.3 is 9.16 Å². The maximum Gasteiger partial charge on any atom is 0.410 e. The number of hydrogen-bond donors (Lipinski definition) is 0. The van der Waals surface area contributed by atoms with Gasteiger partial charge >= 0.3 is 6.09 Å². The lowest BCUT2D eigenvalue weighted by Crippen LogP contribution is -2.48. The second-order valence-electron chi connectivity index (χ2n) is 9.79. The molecule has 0 radical (unpaired) electrons. The van der Waals surface area contributed by atoms with Crippen molar-refractivity contribution in [2.24, 2.45) is 0 Å². The highest BCUT2D eigenvalue weighted by Crippen LogP contribution is 2.39. The quantitative estimate of drug-likeness (QED) is 0.357. The molecule has 0 aromatic carbocycles. The predicted octanol–water partition coefficient (Wildman–Crippen LogP) is 3.92. The van der Waals surface area contributed by atoms with Crippen molar-refractivity contribution in [2.75, 3.05) is 19.4 Å². The van der Waals surface area contributed by atoms with E-state index in [0.717, 1.165) is 6.26 Å². The Labute approximate surface area is 171 Å². The van der Waals surface area contributed by atoms with E-state index >= 15 is 0 Å². The lowest BCUT2D eigenvalue weighted by molar-refractivity contribution is 0.0212. The monoisotopic (exact) mass is 435 g/mol. The minimum Gasteiger partial charge on any atom is -0.444 e. The summed E-state index contributed by atoms with van der Waals surface area (Å²) in [6.45, 7) is 16.8. The van der Waals surface area contributed by atoms with Gasteiger partial charge in [-0.1, -0.05) is 32.9 Å². The Morgan fingerprint density at radius 2 is 1.75 bits per heavy atom. The van der Waals surface area contributed by atoms with Gasteiger partial charge in [-0.3, -0.25) is 9.08 Å². The van der Waals surface area contributed by atoms with Crippen molar-refractivity contribution in [3.8, 4) is 0 Å². The molecule has 1 aliphatic heterocycles. The molecule has 2 atom stereocenters. The average molecular weight is 436 g/mol. The zero-order valence-electron chi connectivity index (χ0n) is 18.7. The molecule has 0 unspecified atom stereocenters. The molecule has 164 valence electrons. The van der Waals surface area contributed by atoms with E-state index in [1.165, 1.54) is 0 Å². The molecule has 0 aliphatic carbocycles. The Kier molecular flexibility index (Phi) is 7.94. The molecular weight excluding hydrogens is 398 g/mol. The molecule has 1 heterocycles. The SMILES string of the molecule is CC(C)(C)OC(=O)N1CC[C@H](O[Si](C)(C)C(C)(C)C)[C@H]1C=CCOS(C)(=O)=O. The summed E-state index contributed by atoms with van der Waals surface area (Å²) in [5.41, 5.74) is -0.594. The van der Waals surface area contributed by atoms with Gasteiger partial charge in [-0.15, -0.1) is 0 Å². The molecule has 0 bridgehead atoms. The zero-order chi connectivity index (χ0) is 22.0. The molecule has 0 aromatic rings. The van der Waals surface area contributed by atoms with Crippen LogP contribution in [0.1, 0.15) is 48.0 Å². The number of rotatable bonds is 6. The number of carbonyl (C=O) groups is 1. The predicted molar refractivity (Wildman–Crippen MR) is 113 cm³/mol. The number of amides is 1. The molecule has 0 N–H and O–H groups in total. The second-order valence-corrected chi connectivity index (χ2v) is 16.2. The topological polar surface area (TPSA) is 82.1 Å². The van der Waals surface area contributed by atoms with Gasteiger partial charge in [-0.25, -0.2) is 4.79 Å². The van der Waals surface area contributed by atoms with Gasteiger partial charge in [0.05, 0.1) is 25.0 Å². The van der Waals surface area contributed by atoms with Crippen molar-refractivity contribution >= 4 is 24.5 Å². The van der Waals surface area contributed by atoms with Crippen LogP contribution in [-0.4, -0.2) is 64.9 Å². The summed E-state index contributed by atoms with van der Waals surface area (Å²) >= 11 is 0. The lowest BCUT2D eigenvalue weighted by atomic mass is 10.1. The smallest absolute Gasteiger partial charge is 0.410 e. The summed E-state index contributed by atoms with van der Waals surface area (Å²) in [6.07, 6.45) is 4.56. The van der Waals surface area contributed by atoms with E-state index in [2.05, 4.69) is 33.9 Å². The van der Waals surface area contributed by atoms with E-state index in [-0.39, 0.29) is 23.8 Å². The Morgan fingerprint density at radius 3 is 2.21 bits per heavy atom. The summed E-state index contributed by atoms with van der Waals surface area (Å²) in [5.74, 6) is 0. The van der Waals surface area contributed by atoms with Crippen LogP contribution in [0.25, 0.3) is 0 Å². The molecule has 1 fully saturated rings. The first-order valence-corrected chi connectivity index (χ1v) is 14.3. The first-order chi connectivity index (χ1) is 12.4. The molecule has 7 nitrogen and oxygen atoms in total. The Bertz CT molecular complexity index is 676. The van der Waals surface area contributed by atoms with Crippen molar-refractivity contribution < 1.29 is 26.6 Å². The first kappa shape index (κ1) is 25.1. The van der Waals surface area contributed by atoms with Gasteiger partial charge in [0.1, 0.15) is 5.60 Å². The molecule has 0 saturated carbocycles. The molecule has 1 saturated heterocycles. The van der Waals surface area contributed by atoms with Gasteiger partial charge in [0.2, 0.25) is 0 Å². The van der Waals surface area contributed by atoms with Crippen molar-refractivity contribution in [1.29, 1.82) is 0 Å². The van der Waals surface area contributed by atoms with Crippen LogP contribution in [0.4, 0.5) is 4.79 Å². The highest BCUT2D eigenvalue weighted by atomic mass is 32.2. The van der Waals surface area contributed by atoms with Crippen molar-refractivity contribution in [2.45, 2.75) is 83.8 Å². The van der Waals surface area contributed by atoms with Crippen LogP contribution in [0.5, 0.6) is 0 Å². The third-order valence-corrected chi connectivity index (χ3v) is 10.1. The fraction of sp³-hybridized carbons (Fsp3) is 0.842. The third kappa shape index (κ3) is 7.85. The van der Waals surface area contributed by atoms with Crippen LogP contribution in [0.15, 0.2) is 12.2 Å². The van der Waals surface area contributed by atoms with Gasteiger partial charge in [0, 0.05) is 6.54 Å². The van der Waals surface area contributed by atoms with Gasteiger partial charge in [-0.2, -0.15) is 8.42 Å². The minimum absolute atomic E-state index is 0.0417. The largest absolute Gasteiger partial charge is 0.444 e. The third-order valence-electron chi connectivity index (χ3n) is 4.99. The van der Waals surface area contributed by atoms with Gasteiger partial charge in [0.25, 0.3) is 10.1 Å². The van der Waals surface area contributed by atoms with E-state index in [1.54, 1.807) is 17.1 Å². The molecule has 1 aliphatic rings. The van der Waals surface area contributed by atoms with Crippen LogP contribution in [0, 0.1) is 0 Å². The van der Waals surface area contributed by atoms with Gasteiger partial charge in [0.15, 0.2) is 8.32 Å². The minimum atomic E-state index is -3.52. The molecular formula is C19H37NO6SSi. The van der Waals surface area contributed by atoms with Crippen LogP contribution < -0.4 is 0 Å². The lowest BCUT2D eigenvalue weighted by Gasteiger charge is -2.40. The van der Waals surface area contributed by atoms with Crippen molar-refractivity contribution in [3.63, 3.8) is 0 Å². The molecule has 1 amide bonds. The number of ether oxygens (including phenoxy) is 1. The summed E-state index contributed by atoms with van der Waals surface area (Å²) < 4.78 is 39.2. The van der Waals surface area contributed by atoms with E-state index < -0.39 is 30.1 Å². The van der Waals surface area contributed by atoms with Crippen LogP contribution in [0.3, 0.4) is 0 Å². The van der Waals surface area contributed by atoms with E-state index in [0.29, 0.717) is 13.0 Å². The van der Waals surface area contributed by atoms with E-state index in [1.807, 2.05) is 20.8 Å². The Morgan fingerprint density at radius 1 is 1.18 bits per heavy atom. The fourth-order valence-electron chi connectivity index (χ4n) is 2.59. The molecule has 28 heavy (non-hydrogen) atoms. The number of nitrogens with zero attached hydrogens (tertiary/aromatic N) is 1. The highest BCUT2D eigenvalue weighted by molar-refractivity contribution is 7.85. The number of likely N-dealkylation sites (tertiary alicyclic amines) is 1. The molecule has 9 heteroatoms. The summed E-state index contributed by atoms with van der Waals surface area (Å²) in [5, 5.41) is 0.0417. The van der Waals surface area contributed by atoms with Crippen LogP contribution >= 0.6 is 0 Å². The summed E-state index contributed by atoms with van der Waals surface area (Å²) in [4.78, 5) is 14.3. The normalized spacial score (nSPS) is 22.1. The maximum atomic E-state index is 12.7.